The van der Waals surface area contributed by atoms with E-state index in [1.54, 1.807) is 6.92 Å². The Morgan fingerprint density at radius 2 is 2.00 bits per heavy atom. The standard InChI is InChI=1S/C13H11NO4S/c1-8-5-6-19-12(8)13(15)18-10-3-4-11(14(16)17)9(2)7-10/h3-7H,1-2H3. The molecular weight excluding hydrogens is 266 g/mol. The van der Waals surface area contributed by atoms with Crippen LogP contribution in [0.25, 0.3) is 0 Å². The van der Waals surface area contributed by atoms with E-state index in [1.165, 1.54) is 29.5 Å². The van der Waals surface area contributed by atoms with Crippen LogP contribution >= 0.6 is 11.3 Å². The monoisotopic (exact) mass is 277 g/mol. The van der Waals surface area contributed by atoms with Crippen LogP contribution in [0.3, 0.4) is 0 Å². The molecule has 0 aliphatic carbocycles. The van der Waals surface area contributed by atoms with Crippen molar-refractivity contribution in [1.29, 1.82) is 0 Å². The van der Waals surface area contributed by atoms with E-state index >= 15 is 0 Å². The Morgan fingerprint density at radius 3 is 2.53 bits per heavy atom. The Kier molecular flexibility index (Phi) is 3.62. The van der Waals surface area contributed by atoms with Crippen LogP contribution in [0.15, 0.2) is 29.6 Å². The smallest absolute Gasteiger partial charge is 0.353 e. The fourth-order valence-corrected chi connectivity index (χ4v) is 2.43. The predicted octanol–water partition coefficient (Wildman–Crippen LogP) is 3.49. The molecule has 1 aromatic carbocycles. The molecule has 6 heteroatoms. The van der Waals surface area contributed by atoms with Crippen molar-refractivity contribution in [2.45, 2.75) is 13.8 Å². The molecule has 0 atom stereocenters. The van der Waals surface area contributed by atoms with E-state index in [4.69, 9.17) is 4.74 Å². The molecular formula is C13H11NO4S. The summed E-state index contributed by atoms with van der Waals surface area (Å²) in [4.78, 5) is 22.6. The van der Waals surface area contributed by atoms with E-state index in [0.29, 0.717) is 16.2 Å². The van der Waals surface area contributed by atoms with Gasteiger partial charge in [-0.25, -0.2) is 4.79 Å². The molecule has 19 heavy (non-hydrogen) atoms. The van der Waals surface area contributed by atoms with Crippen molar-refractivity contribution >= 4 is 23.0 Å². The highest BCUT2D eigenvalue weighted by atomic mass is 32.1. The molecule has 0 N–H and O–H groups in total. The van der Waals surface area contributed by atoms with E-state index in [-0.39, 0.29) is 5.69 Å². The van der Waals surface area contributed by atoms with Gasteiger partial charge in [0.25, 0.3) is 5.69 Å². The van der Waals surface area contributed by atoms with Gasteiger partial charge in [0.1, 0.15) is 10.6 Å². The lowest BCUT2D eigenvalue weighted by atomic mass is 10.2. The maximum Gasteiger partial charge on any atom is 0.353 e. The Hall–Kier alpha value is -2.21. The molecule has 0 radical (unpaired) electrons. The minimum Gasteiger partial charge on any atom is -0.422 e. The number of carbonyl (C=O) groups excluding carboxylic acids is 1. The fourth-order valence-electron chi connectivity index (χ4n) is 1.63. The summed E-state index contributed by atoms with van der Waals surface area (Å²) in [5.74, 6) is -0.137. The van der Waals surface area contributed by atoms with E-state index in [9.17, 15) is 14.9 Å². The number of carbonyl (C=O) groups is 1. The molecule has 0 spiro atoms. The van der Waals surface area contributed by atoms with Crippen molar-refractivity contribution in [3.8, 4) is 5.75 Å². The van der Waals surface area contributed by atoms with Gasteiger partial charge in [0.2, 0.25) is 0 Å². The van der Waals surface area contributed by atoms with Crippen LogP contribution in [0, 0.1) is 24.0 Å². The van der Waals surface area contributed by atoms with E-state index < -0.39 is 10.9 Å². The quantitative estimate of drug-likeness (QED) is 0.372. The van der Waals surface area contributed by atoms with Crippen LogP contribution in [0.2, 0.25) is 0 Å². The van der Waals surface area contributed by atoms with Crippen molar-refractivity contribution in [2.24, 2.45) is 0 Å². The maximum absolute atomic E-state index is 11.9. The molecule has 0 amide bonds. The van der Waals surface area contributed by atoms with Gasteiger partial charge in [0, 0.05) is 11.6 Å². The number of hydrogen-bond acceptors (Lipinski definition) is 5. The Morgan fingerprint density at radius 1 is 1.26 bits per heavy atom. The van der Waals surface area contributed by atoms with Gasteiger partial charge in [-0.15, -0.1) is 11.3 Å². The number of aryl methyl sites for hydroxylation is 2. The lowest BCUT2D eigenvalue weighted by molar-refractivity contribution is -0.385. The molecule has 0 aliphatic rings. The van der Waals surface area contributed by atoms with Crippen LogP contribution in [0.1, 0.15) is 20.8 Å². The van der Waals surface area contributed by atoms with Crippen molar-refractivity contribution in [1.82, 2.24) is 0 Å². The molecule has 0 unspecified atom stereocenters. The molecule has 0 saturated heterocycles. The number of thiophene rings is 1. The average molecular weight is 277 g/mol. The van der Waals surface area contributed by atoms with Crippen LogP contribution in [0.5, 0.6) is 5.75 Å². The Bertz CT molecular complexity index is 648. The molecule has 2 aromatic rings. The summed E-state index contributed by atoms with van der Waals surface area (Å²) in [6.07, 6.45) is 0. The SMILES string of the molecule is Cc1cc(OC(=O)c2sccc2C)ccc1[N+](=O)[O-]. The molecule has 1 aromatic heterocycles. The Labute approximate surface area is 113 Å². The van der Waals surface area contributed by atoms with Gasteiger partial charge in [-0.3, -0.25) is 10.1 Å². The highest BCUT2D eigenvalue weighted by Crippen LogP contribution is 2.25. The number of nitro benzene ring substituents is 1. The molecule has 0 fully saturated rings. The molecule has 2 rings (SSSR count). The van der Waals surface area contributed by atoms with Crippen molar-refractivity contribution in [2.75, 3.05) is 0 Å². The average Bonchev–Trinajstić information content (AvgIpc) is 2.75. The van der Waals surface area contributed by atoms with Gasteiger partial charge in [-0.1, -0.05) is 0 Å². The second-order valence-corrected chi connectivity index (χ2v) is 4.94. The first kappa shape index (κ1) is 13.2. The summed E-state index contributed by atoms with van der Waals surface area (Å²) >= 11 is 1.31. The van der Waals surface area contributed by atoms with Gasteiger partial charge < -0.3 is 4.74 Å². The number of rotatable bonds is 3. The van der Waals surface area contributed by atoms with Crippen LogP contribution < -0.4 is 4.74 Å². The normalized spacial score (nSPS) is 10.2. The van der Waals surface area contributed by atoms with Crippen molar-refractivity contribution in [3.63, 3.8) is 0 Å². The van der Waals surface area contributed by atoms with Crippen LogP contribution in [0.4, 0.5) is 5.69 Å². The molecule has 0 bridgehead atoms. The maximum atomic E-state index is 11.9. The highest BCUT2D eigenvalue weighted by molar-refractivity contribution is 7.12. The Balaban J connectivity index is 2.21. The van der Waals surface area contributed by atoms with E-state index in [2.05, 4.69) is 0 Å². The number of ether oxygens (including phenoxy) is 1. The molecule has 98 valence electrons. The molecule has 1 heterocycles. The van der Waals surface area contributed by atoms with Gasteiger partial charge in [0.15, 0.2) is 0 Å². The second kappa shape index (κ2) is 5.19. The lowest BCUT2D eigenvalue weighted by Gasteiger charge is -2.05. The van der Waals surface area contributed by atoms with Crippen molar-refractivity contribution in [3.05, 3.63) is 55.8 Å². The zero-order valence-corrected chi connectivity index (χ0v) is 11.2. The number of hydrogen-bond donors (Lipinski definition) is 0. The van der Waals surface area contributed by atoms with Crippen molar-refractivity contribution < 1.29 is 14.5 Å². The van der Waals surface area contributed by atoms with E-state index in [1.807, 2.05) is 18.4 Å². The number of nitrogens with zero attached hydrogens (tertiary/aromatic N) is 1. The molecule has 0 aliphatic heterocycles. The first-order chi connectivity index (χ1) is 8.99. The number of nitro groups is 1. The number of benzene rings is 1. The topological polar surface area (TPSA) is 69.4 Å². The van der Waals surface area contributed by atoms with Crippen LogP contribution in [-0.2, 0) is 0 Å². The summed E-state index contributed by atoms with van der Waals surface area (Å²) in [6, 6.07) is 6.08. The minimum absolute atomic E-state index is 0.00658. The zero-order chi connectivity index (χ0) is 14.0. The predicted molar refractivity (Wildman–Crippen MR) is 71.8 cm³/mol. The van der Waals surface area contributed by atoms with Gasteiger partial charge in [0.05, 0.1) is 4.92 Å². The first-order valence-corrected chi connectivity index (χ1v) is 6.38. The lowest BCUT2D eigenvalue weighted by Crippen LogP contribution is -2.08. The summed E-state index contributed by atoms with van der Waals surface area (Å²) in [5, 5.41) is 12.5. The van der Waals surface area contributed by atoms with Gasteiger partial charge in [-0.05, 0) is 43.0 Å². The number of esters is 1. The fraction of sp³-hybridized carbons (Fsp3) is 0.154. The third-order valence-corrected chi connectivity index (χ3v) is 3.62. The largest absolute Gasteiger partial charge is 0.422 e. The van der Waals surface area contributed by atoms with Gasteiger partial charge in [-0.2, -0.15) is 0 Å². The highest BCUT2D eigenvalue weighted by Gasteiger charge is 2.15. The van der Waals surface area contributed by atoms with Gasteiger partial charge >= 0.3 is 5.97 Å². The first-order valence-electron chi connectivity index (χ1n) is 5.50. The van der Waals surface area contributed by atoms with E-state index in [0.717, 1.165) is 5.56 Å². The third-order valence-electron chi connectivity index (χ3n) is 2.62. The third kappa shape index (κ3) is 2.79. The summed E-state index contributed by atoms with van der Waals surface area (Å²) < 4.78 is 5.20. The summed E-state index contributed by atoms with van der Waals surface area (Å²) in [7, 11) is 0. The zero-order valence-electron chi connectivity index (χ0n) is 10.4. The summed E-state index contributed by atoms with van der Waals surface area (Å²) in [6.45, 7) is 3.43. The van der Waals surface area contributed by atoms with Crippen LogP contribution in [-0.4, -0.2) is 10.9 Å². The minimum atomic E-state index is -0.468. The molecule has 5 nitrogen and oxygen atoms in total. The summed E-state index contributed by atoms with van der Waals surface area (Å²) in [5.41, 5.74) is 1.32. The molecule has 0 saturated carbocycles. The second-order valence-electron chi connectivity index (χ2n) is 4.03.